The molecule has 0 fully saturated rings. The van der Waals surface area contributed by atoms with Crippen molar-refractivity contribution in [1.29, 1.82) is 0 Å². The van der Waals surface area contributed by atoms with E-state index in [-0.39, 0.29) is 33.8 Å². The number of H-pyrrole nitrogens is 1. The minimum absolute atomic E-state index is 0.110. The molecule has 120 valence electrons. The molecule has 8 heteroatoms. The SMILES string of the molecule is C=C(C(=O)OC)c1[nH]c2c(c1C(=O)OC)C(=O)C(OC)=CC2=O. The lowest BCUT2D eigenvalue weighted by Gasteiger charge is -2.11. The Kier molecular flexibility index (Phi) is 4.17. The van der Waals surface area contributed by atoms with Gasteiger partial charge in [-0.25, -0.2) is 9.59 Å². The number of ketones is 2. The number of Topliss-reactive ketones (excluding diaryl/α,β-unsaturated/α-hetero) is 1. The Balaban J connectivity index is 2.75. The van der Waals surface area contributed by atoms with E-state index in [1.807, 2.05) is 0 Å². The molecular formula is C15H13NO7. The maximum Gasteiger partial charge on any atom is 0.340 e. The van der Waals surface area contributed by atoms with Crippen LogP contribution in [0, 0.1) is 0 Å². The molecule has 0 amide bonds. The van der Waals surface area contributed by atoms with Crippen LogP contribution in [0.4, 0.5) is 0 Å². The summed E-state index contributed by atoms with van der Waals surface area (Å²) in [5, 5.41) is 0. The molecule has 0 bridgehead atoms. The van der Waals surface area contributed by atoms with Gasteiger partial charge in [-0.15, -0.1) is 0 Å². The van der Waals surface area contributed by atoms with E-state index >= 15 is 0 Å². The van der Waals surface area contributed by atoms with Crippen LogP contribution < -0.4 is 0 Å². The van der Waals surface area contributed by atoms with E-state index in [0.29, 0.717) is 0 Å². The number of aromatic amines is 1. The van der Waals surface area contributed by atoms with Crippen LogP contribution in [0.25, 0.3) is 5.57 Å². The predicted molar refractivity (Wildman–Crippen MR) is 76.9 cm³/mol. The zero-order valence-electron chi connectivity index (χ0n) is 12.6. The van der Waals surface area contributed by atoms with Gasteiger partial charge in [0.2, 0.25) is 11.6 Å². The van der Waals surface area contributed by atoms with Gasteiger partial charge in [-0.1, -0.05) is 6.58 Å². The largest absolute Gasteiger partial charge is 0.492 e. The Hall–Kier alpha value is -3.16. The van der Waals surface area contributed by atoms with Crippen LogP contribution in [0.1, 0.15) is 36.9 Å². The third-order valence-electron chi connectivity index (χ3n) is 3.30. The molecule has 1 heterocycles. The maximum atomic E-state index is 12.4. The Morgan fingerprint density at radius 2 is 1.78 bits per heavy atom. The Morgan fingerprint density at radius 3 is 2.30 bits per heavy atom. The second-order valence-corrected chi connectivity index (χ2v) is 4.49. The molecule has 2 rings (SSSR count). The Labute approximate surface area is 130 Å². The summed E-state index contributed by atoms with van der Waals surface area (Å²) >= 11 is 0. The van der Waals surface area contributed by atoms with Gasteiger partial charge in [0.05, 0.1) is 49.4 Å². The highest BCUT2D eigenvalue weighted by atomic mass is 16.5. The van der Waals surface area contributed by atoms with Crippen molar-refractivity contribution in [3.05, 3.63) is 40.9 Å². The average Bonchev–Trinajstić information content (AvgIpc) is 2.97. The van der Waals surface area contributed by atoms with Gasteiger partial charge in [-0.05, 0) is 0 Å². The highest BCUT2D eigenvalue weighted by molar-refractivity contribution is 6.28. The van der Waals surface area contributed by atoms with E-state index < -0.39 is 23.5 Å². The molecule has 1 aromatic heterocycles. The first-order chi connectivity index (χ1) is 10.9. The van der Waals surface area contributed by atoms with Crippen LogP contribution in [-0.2, 0) is 19.0 Å². The number of carbonyl (C=O) groups excluding carboxylic acids is 4. The first kappa shape index (κ1) is 16.2. The van der Waals surface area contributed by atoms with E-state index in [0.717, 1.165) is 20.3 Å². The van der Waals surface area contributed by atoms with E-state index in [4.69, 9.17) is 4.74 Å². The van der Waals surface area contributed by atoms with Crippen molar-refractivity contribution < 1.29 is 33.4 Å². The molecule has 8 nitrogen and oxygen atoms in total. The third-order valence-corrected chi connectivity index (χ3v) is 3.30. The van der Waals surface area contributed by atoms with Crippen LogP contribution in [0.15, 0.2) is 18.4 Å². The van der Waals surface area contributed by atoms with E-state index in [9.17, 15) is 19.2 Å². The van der Waals surface area contributed by atoms with Gasteiger partial charge in [-0.2, -0.15) is 0 Å². The van der Waals surface area contributed by atoms with Gasteiger partial charge in [0.1, 0.15) is 0 Å². The minimum atomic E-state index is -0.902. The molecule has 0 atom stereocenters. The summed E-state index contributed by atoms with van der Waals surface area (Å²) in [6.45, 7) is 3.52. The van der Waals surface area contributed by atoms with Gasteiger partial charge in [0.25, 0.3) is 0 Å². The lowest BCUT2D eigenvalue weighted by Crippen LogP contribution is -2.20. The summed E-state index contributed by atoms with van der Waals surface area (Å²) in [7, 11) is 3.46. The summed E-state index contributed by atoms with van der Waals surface area (Å²) in [4.78, 5) is 50.8. The number of carbonyl (C=O) groups is 4. The van der Waals surface area contributed by atoms with Gasteiger partial charge in [0.15, 0.2) is 5.76 Å². The van der Waals surface area contributed by atoms with Gasteiger partial charge in [-0.3, -0.25) is 9.59 Å². The van der Waals surface area contributed by atoms with Gasteiger partial charge < -0.3 is 19.2 Å². The molecule has 23 heavy (non-hydrogen) atoms. The fourth-order valence-electron chi connectivity index (χ4n) is 2.20. The molecule has 0 unspecified atom stereocenters. The summed E-state index contributed by atoms with van der Waals surface area (Å²) in [5.41, 5.74) is -0.959. The molecule has 1 aliphatic rings. The van der Waals surface area contributed by atoms with Crippen molar-refractivity contribution in [2.45, 2.75) is 0 Å². The number of fused-ring (bicyclic) bond motifs is 1. The van der Waals surface area contributed by atoms with Crippen molar-refractivity contribution in [3.63, 3.8) is 0 Å². The van der Waals surface area contributed by atoms with Crippen LogP contribution in [-0.4, -0.2) is 49.8 Å². The maximum absolute atomic E-state index is 12.4. The predicted octanol–water partition coefficient (Wildman–Crippen LogP) is 0.897. The van der Waals surface area contributed by atoms with Crippen molar-refractivity contribution in [2.75, 3.05) is 21.3 Å². The molecule has 1 aromatic rings. The topological polar surface area (TPSA) is 112 Å². The number of esters is 2. The third kappa shape index (κ3) is 2.44. The van der Waals surface area contributed by atoms with Gasteiger partial charge >= 0.3 is 11.9 Å². The minimum Gasteiger partial charge on any atom is -0.492 e. The molecule has 0 aromatic carbocycles. The number of methoxy groups -OCH3 is 3. The Bertz CT molecular complexity index is 782. The zero-order valence-corrected chi connectivity index (χ0v) is 12.6. The van der Waals surface area contributed by atoms with Crippen LogP contribution in [0.3, 0.4) is 0 Å². The first-order valence-corrected chi connectivity index (χ1v) is 6.33. The van der Waals surface area contributed by atoms with Crippen molar-refractivity contribution in [3.8, 4) is 0 Å². The number of aromatic nitrogens is 1. The molecule has 0 saturated carbocycles. The number of allylic oxidation sites excluding steroid dienone is 2. The molecular weight excluding hydrogens is 306 g/mol. The van der Waals surface area contributed by atoms with E-state index in [1.54, 1.807) is 0 Å². The average molecular weight is 319 g/mol. The smallest absolute Gasteiger partial charge is 0.340 e. The second-order valence-electron chi connectivity index (χ2n) is 4.49. The number of nitrogens with one attached hydrogen (secondary N) is 1. The molecule has 0 aliphatic heterocycles. The first-order valence-electron chi connectivity index (χ1n) is 6.33. The molecule has 0 saturated heterocycles. The van der Waals surface area contributed by atoms with Crippen molar-refractivity contribution >= 4 is 29.1 Å². The molecule has 1 N–H and O–H groups in total. The van der Waals surface area contributed by atoms with Crippen LogP contribution in [0.5, 0.6) is 0 Å². The second kappa shape index (κ2) is 5.91. The number of hydrogen-bond donors (Lipinski definition) is 1. The van der Waals surface area contributed by atoms with Crippen LogP contribution >= 0.6 is 0 Å². The highest BCUT2D eigenvalue weighted by Gasteiger charge is 2.37. The van der Waals surface area contributed by atoms with Crippen molar-refractivity contribution in [1.82, 2.24) is 4.98 Å². The quantitative estimate of drug-likeness (QED) is 0.648. The molecule has 0 spiro atoms. The normalized spacial score (nSPS) is 13.1. The highest BCUT2D eigenvalue weighted by Crippen LogP contribution is 2.31. The number of hydrogen-bond acceptors (Lipinski definition) is 7. The number of rotatable bonds is 4. The Morgan fingerprint density at radius 1 is 1.13 bits per heavy atom. The molecule has 0 radical (unpaired) electrons. The fraction of sp³-hybridized carbons (Fsp3) is 0.200. The monoisotopic (exact) mass is 319 g/mol. The summed E-state index contributed by atoms with van der Waals surface area (Å²) in [6, 6.07) is 0. The lowest BCUT2D eigenvalue weighted by molar-refractivity contribution is -0.133. The fourth-order valence-corrected chi connectivity index (χ4v) is 2.20. The van der Waals surface area contributed by atoms with Crippen LogP contribution in [0.2, 0.25) is 0 Å². The summed E-state index contributed by atoms with van der Waals surface area (Å²) in [6.07, 6.45) is 0.993. The van der Waals surface area contributed by atoms with E-state index in [2.05, 4.69) is 21.0 Å². The zero-order chi connectivity index (χ0) is 17.3. The van der Waals surface area contributed by atoms with Crippen molar-refractivity contribution in [2.24, 2.45) is 0 Å². The summed E-state index contributed by atoms with van der Waals surface area (Å²) < 4.78 is 14.0. The lowest BCUT2D eigenvalue weighted by atomic mass is 9.95. The van der Waals surface area contributed by atoms with E-state index in [1.165, 1.54) is 7.11 Å². The number of ether oxygens (including phenoxy) is 3. The standard InChI is InChI=1S/C15H13NO7/c1-6(14(19)22-3)11-10(15(20)23-4)9-12(16-11)7(17)5-8(21-2)13(9)18/h5,16H,1H2,2-4H3. The molecule has 1 aliphatic carbocycles. The van der Waals surface area contributed by atoms with Gasteiger partial charge in [0, 0.05) is 6.08 Å². The summed E-state index contributed by atoms with van der Waals surface area (Å²) in [5.74, 6) is -3.20.